The molecule has 1 aliphatic carbocycles. The molecule has 0 amide bonds. The first kappa shape index (κ1) is 30.3. The number of nitrogens with zero attached hydrogens (tertiary/aromatic N) is 5. The molecule has 2 spiro atoms. The lowest BCUT2D eigenvalue weighted by Gasteiger charge is -2.48. The van der Waals surface area contributed by atoms with Crippen LogP contribution in [0, 0.1) is 17.0 Å². The molecule has 9 rings (SSSR count). The van der Waals surface area contributed by atoms with Gasteiger partial charge in [-0.25, -0.2) is 17.6 Å². The van der Waals surface area contributed by atoms with Gasteiger partial charge in [0.15, 0.2) is 5.82 Å². The summed E-state index contributed by atoms with van der Waals surface area (Å²) in [6.45, 7) is 4.98. The minimum atomic E-state index is -2.66. The molecule has 0 radical (unpaired) electrons. The third kappa shape index (κ3) is 4.43. The molecule has 1 N–H and O–H groups in total. The van der Waals surface area contributed by atoms with Gasteiger partial charge in [0.05, 0.1) is 28.5 Å². The predicted octanol–water partition coefficient (Wildman–Crippen LogP) is 6.79. The van der Waals surface area contributed by atoms with Gasteiger partial charge in [-0.05, 0) is 79.6 Å². The normalized spacial score (nSPS) is 29.2. The number of anilines is 1. The Balaban J connectivity index is 1.16. The lowest BCUT2D eigenvalue weighted by molar-refractivity contribution is -0.151. The SMILES string of the molecule is CCc1c(F)ccc2cc(O)cc(-c3ncc4c(N5CCCC6(CCO6)C5)nc(OC[C@@]56CCCN5C[C@@]5(CC5(F)F)C6)nc4c3F)c12. The van der Waals surface area contributed by atoms with Crippen LogP contribution in [0.3, 0.4) is 0 Å². The van der Waals surface area contributed by atoms with Crippen molar-refractivity contribution >= 4 is 27.5 Å². The Bertz CT molecular complexity index is 1990. The number of ether oxygens (including phenoxy) is 2. The summed E-state index contributed by atoms with van der Waals surface area (Å²) in [6, 6.07) is 5.79. The Hall–Kier alpha value is -3.77. The van der Waals surface area contributed by atoms with Crippen molar-refractivity contribution in [2.24, 2.45) is 5.41 Å². The zero-order valence-electron chi connectivity index (χ0n) is 26.8. The van der Waals surface area contributed by atoms with Gasteiger partial charge in [-0.1, -0.05) is 13.0 Å². The van der Waals surface area contributed by atoms with E-state index in [9.17, 15) is 13.9 Å². The molecule has 6 heterocycles. The Morgan fingerprint density at radius 1 is 1.02 bits per heavy atom. The molecule has 2 aromatic carbocycles. The van der Waals surface area contributed by atoms with Crippen LogP contribution in [0.25, 0.3) is 32.9 Å². The van der Waals surface area contributed by atoms with E-state index < -0.39 is 28.5 Å². The summed E-state index contributed by atoms with van der Waals surface area (Å²) in [4.78, 5) is 18.2. The molecule has 4 aliphatic heterocycles. The summed E-state index contributed by atoms with van der Waals surface area (Å²) < 4.78 is 73.2. The lowest BCUT2D eigenvalue weighted by atomic mass is 9.86. The van der Waals surface area contributed by atoms with Crippen LogP contribution in [-0.4, -0.2) is 81.4 Å². The molecule has 5 aliphatic rings. The number of alkyl halides is 2. The van der Waals surface area contributed by atoms with Crippen molar-refractivity contribution in [3.63, 3.8) is 0 Å². The molecule has 252 valence electrons. The summed E-state index contributed by atoms with van der Waals surface area (Å²) in [5, 5.41) is 12.0. The molecule has 0 bridgehead atoms. The van der Waals surface area contributed by atoms with Crippen LogP contribution < -0.4 is 9.64 Å². The van der Waals surface area contributed by atoms with Crippen molar-refractivity contribution in [3.05, 3.63) is 47.7 Å². The molecule has 3 atom stereocenters. The van der Waals surface area contributed by atoms with Crippen molar-refractivity contribution in [2.75, 3.05) is 44.3 Å². The number of aromatic nitrogens is 3. The number of phenols is 1. The zero-order valence-corrected chi connectivity index (χ0v) is 26.8. The number of pyridine rings is 1. The molecule has 5 fully saturated rings. The Kier molecular flexibility index (Phi) is 6.55. The van der Waals surface area contributed by atoms with Gasteiger partial charge in [-0.2, -0.15) is 9.97 Å². The highest BCUT2D eigenvalue weighted by molar-refractivity contribution is 6.01. The van der Waals surface area contributed by atoms with Gasteiger partial charge in [-0.15, -0.1) is 0 Å². The van der Waals surface area contributed by atoms with Gasteiger partial charge in [0.25, 0.3) is 5.92 Å². The maximum absolute atomic E-state index is 16.9. The van der Waals surface area contributed by atoms with Crippen LogP contribution in [0.4, 0.5) is 23.4 Å². The van der Waals surface area contributed by atoms with E-state index in [0.717, 1.165) is 38.6 Å². The second kappa shape index (κ2) is 10.4. The first-order chi connectivity index (χ1) is 23.0. The molecule has 4 saturated heterocycles. The summed E-state index contributed by atoms with van der Waals surface area (Å²) in [6.07, 6.45) is 6.49. The molecular weight excluding hydrogens is 626 g/mol. The number of benzene rings is 2. The number of aryl methyl sites for hydroxylation is 1. The minimum absolute atomic E-state index is 0.0162. The molecule has 1 unspecified atom stereocenters. The average Bonchev–Trinajstić information content (AvgIpc) is 3.27. The number of hydrogen-bond donors (Lipinski definition) is 1. The maximum Gasteiger partial charge on any atom is 0.319 e. The summed E-state index contributed by atoms with van der Waals surface area (Å²) in [7, 11) is 0. The van der Waals surface area contributed by atoms with Crippen molar-refractivity contribution < 1.29 is 32.1 Å². The standard InChI is InChI=1S/C36H37F4N5O3/c1-2-23-26(37)6-5-21-13-22(46)14-24(27(21)23)29-28(38)30-25(15-41-29)31(44-10-4-8-35(19-44)9-12-48-35)43-32(42-30)47-20-34-7-3-11-45(34)18-33(16-34)17-36(33,39)40/h5-6,13-15,46H,2-4,7-12,16-20H2,1H3/t33-,34-,35?/m0/s1. The Labute approximate surface area is 275 Å². The molecule has 1 saturated carbocycles. The van der Waals surface area contributed by atoms with Crippen LogP contribution in [0.15, 0.2) is 30.5 Å². The van der Waals surface area contributed by atoms with E-state index in [1.165, 1.54) is 24.4 Å². The summed E-state index contributed by atoms with van der Waals surface area (Å²) >= 11 is 0. The van der Waals surface area contributed by atoms with E-state index in [-0.39, 0.29) is 47.2 Å². The maximum atomic E-state index is 16.9. The molecule has 48 heavy (non-hydrogen) atoms. The van der Waals surface area contributed by atoms with Gasteiger partial charge in [0.2, 0.25) is 0 Å². The third-order valence-corrected chi connectivity index (χ3v) is 11.8. The fraction of sp³-hybridized carbons (Fsp3) is 0.528. The molecule has 4 aromatic rings. The smallest absolute Gasteiger partial charge is 0.319 e. The van der Waals surface area contributed by atoms with Gasteiger partial charge in [0.1, 0.15) is 35.2 Å². The minimum Gasteiger partial charge on any atom is -0.508 e. The van der Waals surface area contributed by atoms with Crippen LogP contribution in [-0.2, 0) is 11.2 Å². The number of hydrogen-bond acceptors (Lipinski definition) is 8. The molecular formula is C36H37F4N5O3. The van der Waals surface area contributed by atoms with Crippen LogP contribution >= 0.6 is 0 Å². The fourth-order valence-corrected chi connectivity index (χ4v) is 9.19. The number of aromatic hydroxyl groups is 1. The van der Waals surface area contributed by atoms with Crippen molar-refractivity contribution in [1.82, 2.24) is 19.9 Å². The van der Waals surface area contributed by atoms with E-state index in [4.69, 9.17) is 14.5 Å². The Morgan fingerprint density at radius 2 is 1.83 bits per heavy atom. The number of piperidine rings is 1. The second-order valence-corrected chi connectivity index (χ2v) is 14.7. The van der Waals surface area contributed by atoms with E-state index in [1.807, 2.05) is 6.92 Å². The van der Waals surface area contributed by atoms with Crippen molar-refractivity contribution in [1.29, 1.82) is 0 Å². The molecule has 8 nitrogen and oxygen atoms in total. The van der Waals surface area contributed by atoms with E-state index in [0.29, 0.717) is 66.6 Å². The van der Waals surface area contributed by atoms with Crippen molar-refractivity contribution in [3.8, 4) is 23.0 Å². The topological polar surface area (TPSA) is 83.8 Å². The first-order valence-electron chi connectivity index (χ1n) is 17.0. The van der Waals surface area contributed by atoms with Crippen LogP contribution in [0.2, 0.25) is 0 Å². The lowest BCUT2D eigenvalue weighted by Crippen LogP contribution is -2.56. The first-order valence-corrected chi connectivity index (χ1v) is 17.0. The number of halogens is 4. The summed E-state index contributed by atoms with van der Waals surface area (Å²) in [5.41, 5.74) is -1.26. The predicted molar refractivity (Wildman–Crippen MR) is 172 cm³/mol. The fourth-order valence-electron chi connectivity index (χ4n) is 9.19. The van der Waals surface area contributed by atoms with Crippen LogP contribution in [0.1, 0.15) is 57.4 Å². The van der Waals surface area contributed by atoms with Gasteiger partial charge in [0, 0.05) is 44.2 Å². The van der Waals surface area contributed by atoms with Gasteiger partial charge in [-0.3, -0.25) is 9.88 Å². The quantitative estimate of drug-likeness (QED) is 0.226. The highest BCUT2D eigenvalue weighted by Gasteiger charge is 2.77. The number of phenolic OH excluding ortho intramolecular Hbond substituents is 1. The molecule has 12 heteroatoms. The zero-order chi connectivity index (χ0) is 33.1. The number of fused-ring (bicyclic) bond motifs is 3. The highest BCUT2D eigenvalue weighted by Crippen LogP contribution is 2.69. The highest BCUT2D eigenvalue weighted by atomic mass is 19.3. The third-order valence-electron chi connectivity index (χ3n) is 11.8. The van der Waals surface area contributed by atoms with E-state index in [1.54, 1.807) is 6.07 Å². The number of rotatable bonds is 6. The summed E-state index contributed by atoms with van der Waals surface area (Å²) in [5.74, 6) is -3.46. The van der Waals surface area contributed by atoms with Gasteiger partial charge >= 0.3 is 6.01 Å². The van der Waals surface area contributed by atoms with E-state index in [2.05, 4.69) is 19.8 Å². The monoisotopic (exact) mass is 663 g/mol. The average molecular weight is 664 g/mol. The molecule has 2 aromatic heterocycles. The van der Waals surface area contributed by atoms with Gasteiger partial charge < -0.3 is 19.5 Å². The Morgan fingerprint density at radius 3 is 2.58 bits per heavy atom. The largest absolute Gasteiger partial charge is 0.508 e. The van der Waals surface area contributed by atoms with Crippen molar-refractivity contribution in [2.45, 2.75) is 75.4 Å². The second-order valence-electron chi connectivity index (χ2n) is 14.7. The van der Waals surface area contributed by atoms with Crippen LogP contribution in [0.5, 0.6) is 11.8 Å². The van der Waals surface area contributed by atoms with E-state index >= 15 is 8.78 Å².